The van der Waals surface area contributed by atoms with Crippen molar-refractivity contribution in [3.8, 4) is 22.3 Å². The maximum Gasteiger partial charge on any atom is 0.299 e. The summed E-state index contributed by atoms with van der Waals surface area (Å²) in [4.78, 5) is 6.90. The van der Waals surface area contributed by atoms with Gasteiger partial charge in [-0.25, -0.2) is 0 Å². The lowest BCUT2D eigenvalue weighted by Gasteiger charge is -2.16. The van der Waals surface area contributed by atoms with Crippen LogP contribution in [0.5, 0.6) is 10.9 Å². The minimum absolute atomic E-state index is 0.549. The molecule has 5 nitrogen and oxygen atoms in total. The molecule has 2 aromatic carbocycles. The molecule has 0 fully saturated rings. The van der Waals surface area contributed by atoms with E-state index >= 15 is 0 Å². The molecule has 0 aliphatic carbocycles. The monoisotopic (exact) mass is 407 g/mol. The number of nitrogens with zero attached hydrogens (tertiary/aromatic N) is 3. The Bertz CT molecular complexity index is 1130. The van der Waals surface area contributed by atoms with E-state index in [1.165, 1.54) is 22.7 Å². The Kier molecular flexibility index (Phi) is 5.65. The summed E-state index contributed by atoms with van der Waals surface area (Å²) in [7, 11) is 2.15. The maximum atomic E-state index is 6.08. The highest BCUT2D eigenvalue weighted by Gasteiger charge is 2.13. The first kappa shape index (κ1) is 19.6. The van der Waals surface area contributed by atoms with Gasteiger partial charge in [-0.3, -0.25) is 0 Å². The first-order valence-corrected chi connectivity index (χ1v) is 10.6. The van der Waals surface area contributed by atoms with Gasteiger partial charge in [-0.15, -0.1) is 0 Å². The molecule has 6 heteroatoms. The van der Waals surface area contributed by atoms with Crippen LogP contribution in [0, 0.1) is 13.8 Å². The van der Waals surface area contributed by atoms with E-state index in [0.717, 1.165) is 47.4 Å². The van der Waals surface area contributed by atoms with Crippen LogP contribution in [0.25, 0.3) is 22.4 Å². The molecule has 2 heterocycles. The maximum absolute atomic E-state index is 6.08. The summed E-state index contributed by atoms with van der Waals surface area (Å²) in [6.07, 6.45) is 2.73. The van der Waals surface area contributed by atoms with Gasteiger partial charge in [-0.05, 0) is 80.9 Å². The predicted octanol–water partition coefficient (Wildman–Crippen LogP) is 5.85. The van der Waals surface area contributed by atoms with Gasteiger partial charge in [-0.1, -0.05) is 13.0 Å². The Balaban J connectivity index is 1.51. The van der Waals surface area contributed by atoms with Crippen molar-refractivity contribution in [1.29, 1.82) is 0 Å². The standard InChI is InChI=1S/C23H25N3O2S/c1-5-26(4)10-8-17-12-16(3)21(13-15(17)2)28-23-24-22(25-29-23)19-6-7-20-18(14-19)9-11-27-20/h6-7,9,11-14H,5,8,10H2,1-4H3. The third-order valence-corrected chi connectivity index (χ3v) is 5.85. The smallest absolute Gasteiger partial charge is 0.299 e. The third-order valence-electron chi connectivity index (χ3n) is 5.25. The van der Waals surface area contributed by atoms with E-state index in [9.17, 15) is 0 Å². The Morgan fingerprint density at radius 3 is 2.79 bits per heavy atom. The first-order chi connectivity index (χ1) is 14.0. The SMILES string of the molecule is CCN(C)CCc1cc(C)c(Oc2nc(-c3ccc4occc4c3)ns2)cc1C. The van der Waals surface area contributed by atoms with E-state index in [4.69, 9.17) is 9.15 Å². The zero-order chi connectivity index (χ0) is 20.4. The number of rotatable bonds is 7. The molecule has 29 heavy (non-hydrogen) atoms. The second kappa shape index (κ2) is 8.35. The fourth-order valence-electron chi connectivity index (χ4n) is 3.27. The fourth-order valence-corrected chi connectivity index (χ4v) is 3.83. The average Bonchev–Trinajstić information content (AvgIpc) is 3.37. The van der Waals surface area contributed by atoms with Crippen LogP contribution in [-0.4, -0.2) is 34.4 Å². The minimum atomic E-state index is 0.549. The van der Waals surface area contributed by atoms with Crippen molar-refractivity contribution in [3.05, 3.63) is 59.4 Å². The molecule has 4 aromatic rings. The molecule has 0 saturated heterocycles. The molecule has 0 saturated carbocycles. The number of benzene rings is 2. The van der Waals surface area contributed by atoms with Crippen LogP contribution in [0.3, 0.4) is 0 Å². The summed E-state index contributed by atoms with van der Waals surface area (Å²) in [6.45, 7) is 8.51. The Morgan fingerprint density at radius 1 is 1.10 bits per heavy atom. The topological polar surface area (TPSA) is 51.4 Å². The van der Waals surface area contributed by atoms with Gasteiger partial charge in [0.15, 0.2) is 5.82 Å². The van der Waals surface area contributed by atoms with Crippen molar-refractivity contribution in [1.82, 2.24) is 14.3 Å². The first-order valence-electron chi connectivity index (χ1n) is 9.81. The summed E-state index contributed by atoms with van der Waals surface area (Å²) < 4.78 is 16.0. The molecule has 0 unspecified atom stereocenters. The van der Waals surface area contributed by atoms with Gasteiger partial charge >= 0.3 is 0 Å². The molecular weight excluding hydrogens is 382 g/mol. The van der Waals surface area contributed by atoms with Crippen LogP contribution in [0.2, 0.25) is 0 Å². The fraction of sp³-hybridized carbons (Fsp3) is 0.304. The van der Waals surface area contributed by atoms with E-state index in [1.54, 1.807) is 6.26 Å². The van der Waals surface area contributed by atoms with Crippen LogP contribution >= 0.6 is 11.5 Å². The predicted molar refractivity (Wildman–Crippen MR) is 118 cm³/mol. The summed E-state index contributed by atoms with van der Waals surface area (Å²) in [5, 5.41) is 1.59. The quantitative estimate of drug-likeness (QED) is 0.384. The molecular formula is C23H25N3O2S. The highest BCUT2D eigenvalue weighted by atomic mass is 32.1. The van der Waals surface area contributed by atoms with Gasteiger partial charge in [0.1, 0.15) is 11.3 Å². The van der Waals surface area contributed by atoms with E-state index in [1.807, 2.05) is 24.3 Å². The van der Waals surface area contributed by atoms with Crippen molar-refractivity contribution < 1.29 is 9.15 Å². The summed E-state index contributed by atoms with van der Waals surface area (Å²) in [6, 6.07) is 12.2. The van der Waals surface area contributed by atoms with Gasteiger partial charge in [0.25, 0.3) is 5.19 Å². The number of aromatic nitrogens is 2. The number of aryl methyl sites for hydroxylation is 2. The van der Waals surface area contributed by atoms with Gasteiger partial charge in [-0.2, -0.15) is 9.36 Å². The Morgan fingerprint density at radius 2 is 1.97 bits per heavy atom. The number of ether oxygens (including phenoxy) is 1. The number of fused-ring (bicyclic) bond motifs is 1. The molecule has 0 radical (unpaired) electrons. The number of hydrogen-bond acceptors (Lipinski definition) is 6. The van der Waals surface area contributed by atoms with Crippen molar-refractivity contribution in [2.45, 2.75) is 27.2 Å². The molecule has 0 N–H and O–H groups in total. The van der Waals surface area contributed by atoms with Crippen LogP contribution in [0.1, 0.15) is 23.6 Å². The number of hydrogen-bond donors (Lipinski definition) is 0. The minimum Gasteiger partial charge on any atom is -0.464 e. The molecule has 0 spiro atoms. The third kappa shape index (κ3) is 4.33. The van der Waals surface area contributed by atoms with Crippen LogP contribution < -0.4 is 4.74 Å². The lowest BCUT2D eigenvalue weighted by atomic mass is 10.0. The second-order valence-corrected chi connectivity index (χ2v) is 8.06. The molecule has 4 rings (SSSR count). The number of likely N-dealkylation sites (N-methyl/N-ethyl adjacent to an activating group) is 1. The van der Waals surface area contributed by atoms with Crippen LogP contribution in [-0.2, 0) is 6.42 Å². The van der Waals surface area contributed by atoms with Crippen LogP contribution in [0.4, 0.5) is 0 Å². The van der Waals surface area contributed by atoms with Crippen molar-refractivity contribution in [2.24, 2.45) is 0 Å². The zero-order valence-electron chi connectivity index (χ0n) is 17.2. The van der Waals surface area contributed by atoms with E-state index in [0.29, 0.717) is 11.0 Å². The van der Waals surface area contributed by atoms with Crippen molar-refractivity contribution in [2.75, 3.05) is 20.1 Å². The average molecular weight is 408 g/mol. The second-order valence-electron chi connectivity index (χ2n) is 7.35. The van der Waals surface area contributed by atoms with Crippen LogP contribution in [0.15, 0.2) is 47.1 Å². The molecule has 0 aliphatic heterocycles. The zero-order valence-corrected chi connectivity index (χ0v) is 18.0. The van der Waals surface area contributed by atoms with E-state index < -0.39 is 0 Å². The van der Waals surface area contributed by atoms with Gasteiger partial charge < -0.3 is 14.1 Å². The summed E-state index contributed by atoms with van der Waals surface area (Å²) in [5.41, 5.74) is 5.53. The largest absolute Gasteiger partial charge is 0.464 e. The molecule has 0 bridgehead atoms. The summed E-state index contributed by atoms with van der Waals surface area (Å²) >= 11 is 1.27. The normalized spacial score (nSPS) is 11.5. The number of furan rings is 1. The molecule has 150 valence electrons. The van der Waals surface area contributed by atoms with Gasteiger partial charge in [0.05, 0.1) is 6.26 Å². The van der Waals surface area contributed by atoms with Crippen molar-refractivity contribution >= 4 is 22.5 Å². The molecule has 0 aliphatic rings. The molecule has 2 aromatic heterocycles. The van der Waals surface area contributed by atoms with E-state index in [2.05, 4.69) is 54.2 Å². The highest BCUT2D eigenvalue weighted by molar-refractivity contribution is 7.07. The van der Waals surface area contributed by atoms with Crippen molar-refractivity contribution in [3.63, 3.8) is 0 Å². The Labute approximate surface area is 175 Å². The summed E-state index contributed by atoms with van der Waals surface area (Å²) in [5.74, 6) is 1.50. The Hall–Kier alpha value is -2.70. The van der Waals surface area contributed by atoms with E-state index in [-0.39, 0.29) is 0 Å². The van der Waals surface area contributed by atoms with Gasteiger partial charge in [0, 0.05) is 29.0 Å². The lowest BCUT2D eigenvalue weighted by molar-refractivity contribution is 0.357. The lowest BCUT2D eigenvalue weighted by Crippen LogP contribution is -2.20. The molecule has 0 atom stereocenters. The highest BCUT2D eigenvalue weighted by Crippen LogP contribution is 2.32. The molecule has 0 amide bonds. The van der Waals surface area contributed by atoms with Gasteiger partial charge in [0.2, 0.25) is 0 Å².